The zero-order chi connectivity index (χ0) is 18.8. The number of nitrogens with zero attached hydrogens (tertiary/aromatic N) is 2. The van der Waals surface area contributed by atoms with E-state index in [4.69, 9.17) is 9.47 Å². The Labute approximate surface area is 156 Å². The quantitative estimate of drug-likeness (QED) is 0.837. The van der Waals surface area contributed by atoms with Gasteiger partial charge in [-0.25, -0.2) is 4.98 Å². The number of carbonyl (C=O) groups excluding carboxylic acids is 1. The maximum atomic E-state index is 12.5. The van der Waals surface area contributed by atoms with E-state index in [9.17, 15) is 9.59 Å². The molecule has 142 valence electrons. The van der Waals surface area contributed by atoms with E-state index < -0.39 is 6.10 Å². The topological polar surface area (TPSA) is 96.6 Å². The second kappa shape index (κ2) is 7.30. The van der Waals surface area contributed by atoms with Crippen molar-refractivity contribution >= 4 is 11.9 Å². The van der Waals surface area contributed by atoms with Gasteiger partial charge in [0.2, 0.25) is 12.1 Å². The second-order valence-electron chi connectivity index (χ2n) is 6.84. The number of amides is 1. The molecule has 27 heavy (non-hydrogen) atoms. The second-order valence-corrected chi connectivity index (χ2v) is 6.84. The first-order valence-electron chi connectivity index (χ1n) is 9.10. The fraction of sp³-hybridized carbons (Fsp3) is 0.421. The fourth-order valence-electron chi connectivity index (χ4n) is 3.39. The lowest BCUT2D eigenvalue weighted by atomic mass is 10.0. The number of fused-ring (bicyclic) bond motifs is 1. The Balaban J connectivity index is 1.31. The van der Waals surface area contributed by atoms with Crippen LogP contribution in [0.15, 0.2) is 35.1 Å². The Morgan fingerprint density at radius 3 is 2.74 bits per heavy atom. The first-order chi connectivity index (χ1) is 13.1. The molecule has 1 fully saturated rings. The van der Waals surface area contributed by atoms with E-state index >= 15 is 0 Å². The number of hydrogen-bond donors (Lipinski definition) is 2. The van der Waals surface area contributed by atoms with Crippen molar-refractivity contribution in [1.29, 1.82) is 0 Å². The zero-order valence-corrected chi connectivity index (χ0v) is 15.1. The summed E-state index contributed by atoms with van der Waals surface area (Å²) in [5.41, 5.74) is 0.543. The number of ether oxygens (including phenoxy) is 2. The van der Waals surface area contributed by atoms with Crippen LogP contribution in [0.2, 0.25) is 0 Å². The first kappa shape index (κ1) is 17.4. The molecule has 8 nitrogen and oxygen atoms in total. The summed E-state index contributed by atoms with van der Waals surface area (Å²) >= 11 is 0. The van der Waals surface area contributed by atoms with Crippen molar-refractivity contribution in [3.05, 3.63) is 46.4 Å². The van der Waals surface area contributed by atoms with Gasteiger partial charge in [0.1, 0.15) is 6.61 Å². The monoisotopic (exact) mass is 370 g/mol. The Morgan fingerprint density at radius 2 is 2.00 bits per heavy atom. The molecule has 0 saturated carbocycles. The van der Waals surface area contributed by atoms with Crippen LogP contribution >= 0.6 is 0 Å². The maximum absolute atomic E-state index is 12.5. The number of rotatable bonds is 3. The SMILES string of the molecule is Cc1cc(=O)[nH]c(N2CCC(NC(=O)[C@@H]3COc4ccccc4O3)CC2)n1. The Bertz CT molecular complexity index is 889. The molecule has 8 heteroatoms. The summed E-state index contributed by atoms with van der Waals surface area (Å²) in [4.78, 5) is 33.3. The number of aromatic nitrogens is 2. The number of hydrogen-bond acceptors (Lipinski definition) is 6. The predicted octanol–water partition coefficient (Wildman–Crippen LogP) is 1.00. The Kier molecular flexibility index (Phi) is 4.70. The Hall–Kier alpha value is -3.03. The highest BCUT2D eigenvalue weighted by Crippen LogP contribution is 2.31. The Morgan fingerprint density at radius 1 is 1.26 bits per heavy atom. The van der Waals surface area contributed by atoms with Crippen molar-refractivity contribution in [1.82, 2.24) is 15.3 Å². The van der Waals surface area contributed by atoms with Gasteiger partial charge in [-0.2, -0.15) is 0 Å². The lowest BCUT2D eigenvalue weighted by molar-refractivity contribution is -0.131. The minimum Gasteiger partial charge on any atom is -0.485 e. The van der Waals surface area contributed by atoms with Crippen molar-refractivity contribution < 1.29 is 14.3 Å². The highest BCUT2D eigenvalue weighted by molar-refractivity contribution is 5.82. The molecule has 1 aromatic carbocycles. The lowest BCUT2D eigenvalue weighted by Gasteiger charge is -2.34. The van der Waals surface area contributed by atoms with E-state index in [2.05, 4.69) is 15.3 Å². The van der Waals surface area contributed by atoms with E-state index in [1.165, 1.54) is 6.07 Å². The number of H-pyrrole nitrogens is 1. The summed E-state index contributed by atoms with van der Waals surface area (Å²) in [5, 5.41) is 3.05. The molecule has 1 amide bonds. The molecule has 2 N–H and O–H groups in total. The van der Waals surface area contributed by atoms with Crippen LogP contribution in [0.4, 0.5) is 5.95 Å². The molecule has 1 atom stereocenters. The average molecular weight is 370 g/mol. The molecule has 1 saturated heterocycles. The number of nitrogens with one attached hydrogen (secondary N) is 2. The van der Waals surface area contributed by atoms with Crippen molar-refractivity contribution in [2.45, 2.75) is 31.9 Å². The highest BCUT2D eigenvalue weighted by Gasteiger charge is 2.30. The first-order valence-corrected chi connectivity index (χ1v) is 9.10. The lowest BCUT2D eigenvalue weighted by Crippen LogP contribution is -2.51. The number of piperidine rings is 1. The fourth-order valence-corrected chi connectivity index (χ4v) is 3.39. The van der Waals surface area contributed by atoms with E-state index in [1.807, 2.05) is 23.1 Å². The number of aryl methyl sites for hydroxylation is 1. The molecule has 2 aliphatic rings. The molecule has 0 radical (unpaired) electrons. The molecule has 4 rings (SSSR count). The van der Waals surface area contributed by atoms with Crippen LogP contribution in [-0.2, 0) is 4.79 Å². The molecule has 3 heterocycles. The van der Waals surface area contributed by atoms with Gasteiger partial charge < -0.3 is 19.7 Å². The van der Waals surface area contributed by atoms with Gasteiger partial charge in [-0.15, -0.1) is 0 Å². The van der Waals surface area contributed by atoms with Crippen LogP contribution in [0, 0.1) is 6.92 Å². The van der Waals surface area contributed by atoms with Crippen molar-refractivity contribution in [3.63, 3.8) is 0 Å². The summed E-state index contributed by atoms with van der Waals surface area (Å²) in [5.74, 6) is 1.68. The molecular weight excluding hydrogens is 348 g/mol. The van der Waals surface area contributed by atoms with Crippen LogP contribution < -0.4 is 25.2 Å². The zero-order valence-electron chi connectivity index (χ0n) is 15.1. The molecule has 0 unspecified atom stereocenters. The van der Waals surface area contributed by atoms with Crippen LogP contribution in [-0.4, -0.2) is 47.7 Å². The summed E-state index contributed by atoms with van der Waals surface area (Å²) < 4.78 is 11.4. The number of anilines is 1. The van der Waals surface area contributed by atoms with Crippen molar-refractivity contribution in [3.8, 4) is 11.5 Å². The van der Waals surface area contributed by atoms with Crippen molar-refractivity contribution in [2.75, 3.05) is 24.6 Å². The summed E-state index contributed by atoms with van der Waals surface area (Å²) in [6.45, 7) is 3.43. The summed E-state index contributed by atoms with van der Waals surface area (Å²) in [7, 11) is 0. The molecule has 2 aliphatic heterocycles. The van der Waals surface area contributed by atoms with Crippen LogP contribution in [0.25, 0.3) is 0 Å². The van der Waals surface area contributed by atoms with E-state index in [0.29, 0.717) is 36.2 Å². The van der Waals surface area contributed by atoms with Gasteiger partial charge >= 0.3 is 0 Å². The molecule has 0 bridgehead atoms. The predicted molar refractivity (Wildman–Crippen MR) is 99.3 cm³/mol. The summed E-state index contributed by atoms with van der Waals surface area (Å²) in [6.07, 6.45) is 0.897. The maximum Gasteiger partial charge on any atom is 0.264 e. The summed E-state index contributed by atoms with van der Waals surface area (Å²) in [6, 6.07) is 8.87. The van der Waals surface area contributed by atoms with Crippen LogP contribution in [0.1, 0.15) is 18.5 Å². The standard InChI is InChI=1S/C19H22N4O4/c1-12-10-17(24)22-19(20-12)23-8-6-13(7-9-23)21-18(25)16-11-26-14-4-2-3-5-15(14)27-16/h2-5,10,13,16H,6-9,11H2,1H3,(H,21,25)(H,20,22,24)/t16-/m0/s1. The van der Waals surface area contributed by atoms with E-state index in [0.717, 1.165) is 12.8 Å². The third kappa shape index (κ3) is 3.89. The van der Waals surface area contributed by atoms with E-state index in [-0.39, 0.29) is 24.1 Å². The smallest absolute Gasteiger partial charge is 0.264 e. The molecule has 2 aromatic rings. The minimum atomic E-state index is -0.646. The van der Waals surface area contributed by atoms with Gasteiger partial charge in [-0.05, 0) is 31.9 Å². The number of carbonyl (C=O) groups is 1. The van der Waals surface area contributed by atoms with E-state index in [1.54, 1.807) is 13.0 Å². The minimum absolute atomic E-state index is 0.0612. The molecule has 0 spiro atoms. The van der Waals surface area contributed by atoms with Gasteiger partial charge in [0.05, 0.1) is 0 Å². The highest BCUT2D eigenvalue weighted by atomic mass is 16.6. The molecule has 1 aromatic heterocycles. The van der Waals surface area contributed by atoms with Crippen LogP contribution in [0.3, 0.4) is 0 Å². The largest absolute Gasteiger partial charge is 0.485 e. The van der Waals surface area contributed by atoms with Gasteiger partial charge in [0.15, 0.2) is 11.5 Å². The third-order valence-electron chi connectivity index (χ3n) is 4.80. The number of benzene rings is 1. The van der Waals surface area contributed by atoms with Crippen molar-refractivity contribution in [2.24, 2.45) is 0 Å². The third-order valence-corrected chi connectivity index (χ3v) is 4.80. The van der Waals surface area contributed by atoms with Gasteiger partial charge in [0, 0.05) is 30.9 Å². The molecule has 0 aliphatic carbocycles. The van der Waals surface area contributed by atoms with Crippen LogP contribution in [0.5, 0.6) is 11.5 Å². The number of para-hydroxylation sites is 2. The number of aromatic amines is 1. The molecular formula is C19H22N4O4. The normalized spacial score (nSPS) is 19.6. The average Bonchev–Trinajstić information content (AvgIpc) is 2.67. The van der Waals surface area contributed by atoms with Gasteiger partial charge in [0.25, 0.3) is 11.5 Å². The van der Waals surface area contributed by atoms with Gasteiger partial charge in [-0.1, -0.05) is 12.1 Å². The van der Waals surface area contributed by atoms with Gasteiger partial charge in [-0.3, -0.25) is 14.6 Å².